The number of H-pyrrole nitrogens is 1. The van der Waals surface area contributed by atoms with Crippen LogP contribution in [0.15, 0.2) is 59.0 Å². The lowest BCUT2D eigenvalue weighted by atomic mass is 9.95. The summed E-state index contributed by atoms with van der Waals surface area (Å²) in [6.45, 7) is 11.6. The summed E-state index contributed by atoms with van der Waals surface area (Å²) in [7, 11) is 0. The SMILES string of the molecule is C=C(C(=O)N1CCN(C(C)=O)CC1)c1ccc(Sc2ccc3[nH]cc(C(C)(C)N)c3c2)c(Cl)c1. The summed E-state index contributed by atoms with van der Waals surface area (Å²) in [5, 5.41) is 1.65. The molecule has 178 valence electrons. The van der Waals surface area contributed by atoms with Gasteiger partial charge in [0.05, 0.1) is 5.02 Å². The van der Waals surface area contributed by atoms with Crippen LogP contribution in [0.2, 0.25) is 5.02 Å². The predicted molar refractivity (Wildman–Crippen MR) is 139 cm³/mol. The first kappa shape index (κ1) is 24.4. The second kappa shape index (κ2) is 9.49. The number of hydrogen-bond acceptors (Lipinski definition) is 4. The van der Waals surface area contributed by atoms with Gasteiger partial charge in [-0.15, -0.1) is 0 Å². The van der Waals surface area contributed by atoms with Crippen LogP contribution in [-0.2, 0) is 15.1 Å². The molecular formula is C26H29ClN4O2S. The fourth-order valence-corrected chi connectivity index (χ4v) is 5.29. The van der Waals surface area contributed by atoms with Gasteiger partial charge in [-0.25, -0.2) is 0 Å². The van der Waals surface area contributed by atoms with E-state index in [1.165, 1.54) is 0 Å². The van der Waals surface area contributed by atoms with Crippen LogP contribution < -0.4 is 5.73 Å². The molecule has 1 aromatic heterocycles. The second-order valence-corrected chi connectivity index (χ2v) is 10.7. The molecule has 2 aromatic carbocycles. The molecule has 3 N–H and O–H groups in total. The number of aromatic amines is 1. The monoisotopic (exact) mass is 496 g/mol. The molecule has 1 aliphatic heterocycles. The number of halogens is 1. The number of carbonyl (C=O) groups is 2. The number of amides is 2. The highest BCUT2D eigenvalue weighted by Crippen LogP contribution is 2.37. The molecule has 6 nitrogen and oxygen atoms in total. The Balaban J connectivity index is 1.49. The molecule has 2 amide bonds. The van der Waals surface area contributed by atoms with E-state index in [0.29, 0.717) is 42.3 Å². The molecule has 34 heavy (non-hydrogen) atoms. The van der Waals surface area contributed by atoms with Crippen molar-refractivity contribution in [3.63, 3.8) is 0 Å². The topological polar surface area (TPSA) is 82.4 Å². The lowest BCUT2D eigenvalue weighted by Crippen LogP contribution is -2.50. The Morgan fingerprint density at radius 3 is 2.38 bits per heavy atom. The van der Waals surface area contributed by atoms with Gasteiger partial charge in [-0.1, -0.05) is 36.0 Å². The van der Waals surface area contributed by atoms with Crippen LogP contribution in [0, 0.1) is 0 Å². The van der Waals surface area contributed by atoms with Crippen molar-refractivity contribution in [2.45, 2.75) is 36.1 Å². The average Bonchev–Trinajstić information content (AvgIpc) is 3.23. The minimum absolute atomic E-state index is 0.0319. The molecule has 4 rings (SSSR count). The minimum atomic E-state index is -0.452. The summed E-state index contributed by atoms with van der Waals surface area (Å²) in [5.74, 6) is -0.0982. The molecule has 0 bridgehead atoms. The van der Waals surface area contributed by atoms with Crippen LogP contribution in [0.1, 0.15) is 31.9 Å². The van der Waals surface area contributed by atoms with Crippen molar-refractivity contribution in [1.82, 2.24) is 14.8 Å². The number of nitrogens with zero attached hydrogens (tertiary/aromatic N) is 2. The van der Waals surface area contributed by atoms with Crippen LogP contribution in [0.5, 0.6) is 0 Å². The lowest BCUT2D eigenvalue weighted by molar-refractivity contribution is -0.135. The van der Waals surface area contributed by atoms with E-state index in [1.54, 1.807) is 34.6 Å². The molecule has 1 aliphatic rings. The highest BCUT2D eigenvalue weighted by atomic mass is 35.5. The van der Waals surface area contributed by atoms with Crippen molar-refractivity contribution in [3.05, 3.63) is 65.3 Å². The third kappa shape index (κ3) is 5.02. The zero-order valence-corrected chi connectivity index (χ0v) is 21.2. The van der Waals surface area contributed by atoms with Crippen molar-refractivity contribution in [3.8, 4) is 0 Å². The van der Waals surface area contributed by atoms with Gasteiger partial charge in [0.1, 0.15) is 0 Å². The van der Waals surface area contributed by atoms with Gasteiger partial charge in [0, 0.05) is 71.1 Å². The van der Waals surface area contributed by atoms with Crippen LogP contribution in [0.3, 0.4) is 0 Å². The first-order valence-corrected chi connectivity index (χ1v) is 12.4. The largest absolute Gasteiger partial charge is 0.361 e. The van der Waals surface area contributed by atoms with E-state index in [-0.39, 0.29) is 11.8 Å². The molecule has 0 atom stereocenters. The van der Waals surface area contributed by atoms with Crippen molar-refractivity contribution >= 4 is 51.7 Å². The highest BCUT2D eigenvalue weighted by molar-refractivity contribution is 7.99. The van der Waals surface area contributed by atoms with Gasteiger partial charge in [0.25, 0.3) is 5.91 Å². The Hall–Kier alpha value is -2.74. The van der Waals surface area contributed by atoms with E-state index in [9.17, 15) is 9.59 Å². The highest BCUT2D eigenvalue weighted by Gasteiger charge is 2.25. The van der Waals surface area contributed by atoms with E-state index in [1.807, 2.05) is 44.3 Å². The van der Waals surface area contributed by atoms with Gasteiger partial charge >= 0.3 is 0 Å². The van der Waals surface area contributed by atoms with Gasteiger partial charge in [0.15, 0.2) is 0 Å². The number of rotatable bonds is 5. The minimum Gasteiger partial charge on any atom is -0.361 e. The number of piperazine rings is 1. The Morgan fingerprint density at radius 1 is 1.09 bits per heavy atom. The molecule has 8 heteroatoms. The van der Waals surface area contributed by atoms with E-state index < -0.39 is 5.54 Å². The van der Waals surface area contributed by atoms with E-state index >= 15 is 0 Å². The standard InChI is InChI=1S/C26H29ClN4O2S/c1-16(25(33)31-11-9-30(10-12-31)17(2)32)18-5-8-24(22(27)13-18)34-19-6-7-23-20(14-19)21(15-29-23)26(3,4)28/h5-8,13-15,29H,1,9-12,28H2,2-4H3. The third-order valence-corrected chi connectivity index (χ3v) is 7.62. The van der Waals surface area contributed by atoms with Gasteiger partial charge in [-0.3, -0.25) is 9.59 Å². The fourth-order valence-electron chi connectivity index (χ4n) is 4.13. The van der Waals surface area contributed by atoms with Crippen molar-refractivity contribution in [2.75, 3.05) is 26.2 Å². The predicted octanol–water partition coefficient (Wildman–Crippen LogP) is 4.87. The molecule has 3 aromatic rings. The maximum atomic E-state index is 12.9. The molecule has 1 saturated heterocycles. The zero-order chi connectivity index (χ0) is 24.6. The molecule has 0 radical (unpaired) electrons. The summed E-state index contributed by atoms with van der Waals surface area (Å²) in [6, 6.07) is 11.8. The number of nitrogens with one attached hydrogen (secondary N) is 1. The molecule has 1 fully saturated rings. The maximum Gasteiger partial charge on any atom is 0.253 e. The van der Waals surface area contributed by atoms with Crippen molar-refractivity contribution in [1.29, 1.82) is 0 Å². The van der Waals surface area contributed by atoms with E-state index in [0.717, 1.165) is 26.3 Å². The number of hydrogen-bond donors (Lipinski definition) is 2. The second-order valence-electron chi connectivity index (χ2n) is 9.16. The third-order valence-electron chi connectivity index (χ3n) is 6.13. The normalized spacial score (nSPS) is 14.5. The Morgan fingerprint density at radius 2 is 1.76 bits per heavy atom. The van der Waals surface area contributed by atoms with E-state index in [4.69, 9.17) is 17.3 Å². The molecule has 0 saturated carbocycles. The number of carbonyl (C=O) groups excluding carboxylic acids is 2. The van der Waals surface area contributed by atoms with E-state index in [2.05, 4.69) is 17.6 Å². The van der Waals surface area contributed by atoms with Crippen LogP contribution >= 0.6 is 23.4 Å². The maximum absolute atomic E-state index is 12.9. The van der Waals surface area contributed by atoms with Gasteiger partial charge in [0.2, 0.25) is 5.91 Å². The fraction of sp³-hybridized carbons (Fsp3) is 0.308. The van der Waals surface area contributed by atoms with Gasteiger partial charge < -0.3 is 20.5 Å². The lowest BCUT2D eigenvalue weighted by Gasteiger charge is -2.34. The summed E-state index contributed by atoms with van der Waals surface area (Å²) in [6.07, 6.45) is 1.96. The Bertz CT molecular complexity index is 1270. The quantitative estimate of drug-likeness (QED) is 0.494. The first-order valence-electron chi connectivity index (χ1n) is 11.2. The van der Waals surface area contributed by atoms with Crippen LogP contribution in [-0.4, -0.2) is 52.8 Å². The summed E-state index contributed by atoms with van der Waals surface area (Å²) in [4.78, 5) is 33.2. The van der Waals surface area contributed by atoms with Gasteiger partial charge in [-0.05, 0) is 55.3 Å². The molecule has 2 heterocycles. The summed E-state index contributed by atoms with van der Waals surface area (Å²) in [5.41, 5.74) is 9.08. The zero-order valence-electron chi connectivity index (χ0n) is 19.7. The summed E-state index contributed by atoms with van der Waals surface area (Å²) >= 11 is 8.17. The van der Waals surface area contributed by atoms with Gasteiger partial charge in [-0.2, -0.15) is 0 Å². The van der Waals surface area contributed by atoms with Crippen molar-refractivity contribution < 1.29 is 9.59 Å². The summed E-state index contributed by atoms with van der Waals surface area (Å²) < 4.78 is 0. The van der Waals surface area contributed by atoms with Crippen molar-refractivity contribution in [2.24, 2.45) is 5.73 Å². The van der Waals surface area contributed by atoms with Crippen LogP contribution in [0.25, 0.3) is 16.5 Å². The first-order chi connectivity index (χ1) is 16.0. The Labute approximate surface area is 209 Å². The average molecular weight is 497 g/mol. The number of benzene rings is 2. The van der Waals surface area contributed by atoms with Crippen LogP contribution in [0.4, 0.5) is 0 Å². The molecular weight excluding hydrogens is 468 g/mol. The number of nitrogens with two attached hydrogens (primary N) is 1. The molecule has 0 unspecified atom stereocenters. The smallest absolute Gasteiger partial charge is 0.253 e. The number of aromatic nitrogens is 1. The molecule has 0 aliphatic carbocycles. The number of fused-ring (bicyclic) bond motifs is 1. The Kier molecular flexibility index (Phi) is 6.80. The molecule has 0 spiro atoms.